The Morgan fingerprint density at radius 1 is 1.25 bits per heavy atom. The molecule has 0 radical (unpaired) electrons. The Morgan fingerprint density at radius 3 is 1.25 bits per heavy atom. The first-order valence-electron chi connectivity index (χ1n) is 0.204. The van der Waals surface area contributed by atoms with Gasteiger partial charge < -0.3 is 0 Å². The van der Waals surface area contributed by atoms with Crippen LogP contribution in [-0.2, 0) is 27.5 Å². The fourth-order valence-corrected chi connectivity index (χ4v) is 0. The van der Waals surface area contributed by atoms with Crippen LogP contribution in [0.4, 0.5) is 0 Å². The van der Waals surface area contributed by atoms with Crippen molar-refractivity contribution < 1.29 is 27.5 Å². The molecule has 16 valence electrons. The molecule has 0 aliphatic carbocycles. The quantitative estimate of drug-likeness (QED) is 0.368. The topological polar surface area (TPSA) is 17.1 Å². The van der Waals surface area contributed by atoms with Gasteiger partial charge in [-0.25, -0.2) is 0 Å². The van der Waals surface area contributed by atoms with Gasteiger partial charge in [0, 0.05) is 0 Å². The van der Waals surface area contributed by atoms with Crippen molar-refractivity contribution in [2.75, 3.05) is 0 Å². The summed E-state index contributed by atoms with van der Waals surface area (Å²) < 4.78 is 8.34. The monoisotopic (exact) mass is 140 g/mol. The Balaban J connectivity index is -0.00000000500. The van der Waals surface area contributed by atoms with E-state index in [0.717, 1.165) is 0 Å². The van der Waals surface area contributed by atoms with Crippen molar-refractivity contribution in [2.24, 2.45) is 0 Å². The van der Waals surface area contributed by atoms with Gasteiger partial charge >= 0.3 is 69.5 Å². The average molecular weight is 141 g/mol. The van der Waals surface area contributed by atoms with Gasteiger partial charge in [0.1, 0.15) is 0 Å². The standard InChI is InChI=1S/Li.Mg.O.Zr.3H. The van der Waals surface area contributed by atoms with Crippen LogP contribution in [0.2, 0.25) is 0 Å². The van der Waals surface area contributed by atoms with E-state index in [1.807, 2.05) is 0 Å². The zero-order valence-electron chi connectivity index (χ0n) is 0.908. The van der Waals surface area contributed by atoms with E-state index in [4.69, 9.17) is 2.81 Å². The molecule has 0 saturated carbocycles. The van der Waals surface area contributed by atoms with E-state index in [-0.39, 0.29) is 41.9 Å². The van der Waals surface area contributed by atoms with E-state index in [1.54, 1.807) is 0 Å². The van der Waals surface area contributed by atoms with Gasteiger partial charge in [0.05, 0.1) is 0 Å². The van der Waals surface area contributed by atoms with E-state index in [2.05, 4.69) is 0 Å². The first-order chi connectivity index (χ1) is 1.00. The van der Waals surface area contributed by atoms with Crippen molar-refractivity contribution in [3.8, 4) is 0 Å². The zero-order valence-corrected chi connectivity index (χ0v) is 3.37. The van der Waals surface area contributed by atoms with Crippen molar-refractivity contribution in [3.63, 3.8) is 0 Å². The zero-order chi connectivity index (χ0) is 2.00. The van der Waals surface area contributed by atoms with Crippen molar-refractivity contribution in [2.45, 2.75) is 0 Å². The molecule has 0 amide bonds. The first kappa shape index (κ1) is 16.6. The third kappa shape index (κ3) is 8.97. The molecule has 0 heterocycles. The van der Waals surface area contributed by atoms with Gasteiger partial charge in [-0.3, -0.25) is 0 Å². The minimum atomic E-state index is 0. The Morgan fingerprint density at radius 2 is 1.25 bits per heavy atom. The normalized spacial score (nSPS) is 0.750. The summed E-state index contributed by atoms with van der Waals surface area (Å²) in [6, 6.07) is 0. The fourth-order valence-electron chi connectivity index (χ4n) is 0. The molecule has 4 heteroatoms. The Labute approximate surface area is 68.5 Å². The van der Waals surface area contributed by atoms with Gasteiger partial charge in [-0.15, -0.1) is 0 Å². The predicted octanol–water partition coefficient (Wildman–Crippen LogP) is -1.69. The maximum absolute atomic E-state index is 8.34. The minimum absolute atomic E-state index is 0. The van der Waals surface area contributed by atoms with Crippen LogP contribution < -0.4 is 0 Å². The summed E-state index contributed by atoms with van der Waals surface area (Å²) in [7, 11) is 0. The van der Waals surface area contributed by atoms with Gasteiger partial charge in [0.25, 0.3) is 0 Å². The second kappa shape index (κ2) is 19.7. The van der Waals surface area contributed by atoms with Gasteiger partial charge in [-0.2, -0.15) is 0 Å². The molecule has 0 N–H and O–H groups in total. The Bertz CT molecular complexity index is 8.00. The molecule has 0 aromatic heterocycles. The second-order valence-electron chi connectivity index (χ2n) is 0. The van der Waals surface area contributed by atoms with Gasteiger partial charge in [0.2, 0.25) is 0 Å². The van der Waals surface area contributed by atoms with Crippen molar-refractivity contribution in [1.29, 1.82) is 0 Å². The van der Waals surface area contributed by atoms with Crippen molar-refractivity contribution in [1.82, 2.24) is 0 Å². The molecule has 0 fully saturated rings. The van der Waals surface area contributed by atoms with Gasteiger partial charge in [-0.1, -0.05) is 0 Å². The first-order valence-corrected chi connectivity index (χ1v) is 1.21. The van der Waals surface area contributed by atoms with Gasteiger partial charge in [-0.05, 0) is 0 Å². The average Bonchev–Trinajstić information content (AvgIpc) is 1.00. The number of rotatable bonds is 0. The van der Waals surface area contributed by atoms with E-state index in [0.29, 0.717) is 24.7 Å². The van der Waals surface area contributed by atoms with Crippen LogP contribution in [-0.4, -0.2) is 41.9 Å². The van der Waals surface area contributed by atoms with E-state index >= 15 is 0 Å². The van der Waals surface area contributed by atoms with Crippen LogP contribution in [0.3, 0.4) is 0 Å². The van der Waals surface area contributed by atoms with Crippen LogP contribution in [0.15, 0.2) is 0 Å². The Hall–Kier alpha value is 2.05. The molecule has 0 unspecified atom stereocenters. The SMILES string of the molecule is [LiH].[MgH2].[O]=[Zr]. The molecule has 0 aliphatic heterocycles. The van der Waals surface area contributed by atoms with E-state index in [9.17, 15) is 0 Å². The second-order valence-corrected chi connectivity index (χ2v) is 0. The van der Waals surface area contributed by atoms with Crippen LogP contribution in [0.1, 0.15) is 0 Å². The molecule has 0 spiro atoms. The van der Waals surface area contributed by atoms with E-state index < -0.39 is 0 Å². The third-order valence-corrected chi connectivity index (χ3v) is 0. The van der Waals surface area contributed by atoms with E-state index in [1.165, 1.54) is 0 Å². The number of hydrogen-bond donors (Lipinski definition) is 0. The van der Waals surface area contributed by atoms with Crippen LogP contribution >= 0.6 is 0 Å². The van der Waals surface area contributed by atoms with Crippen molar-refractivity contribution in [3.05, 3.63) is 0 Å². The van der Waals surface area contributed by atoms with Crippen LogP contribution in [0.5, 0.6) is 0 Å². The Kier molecular flexibility index (Phi) is 81.8. The van der Waals surface area contributed by atoms with Gasteiger partial charge in [0.15, 0.2) is 0 Å². The molecule has 1 nitrogen and oxygen atoms in total. The molecule has 0 rings (SSSR count). The maximum atomic E-state index is 8.34. The predicted molar refractivity (Wildman–Crippen MR) is 16.4 cm³/mol. The fraction of sp³-hybridized carbons (Fsp3) is 0. The third-order valence-electron chi connectivity index (χ3n) is 0. The summed E-state index contributed by atoms with van der Waals surface area (Å²) in [4.78, 5) is 0. The molecule has 0 atom stereocenters. The molecule has 0 bridgehead atoms. The molecular formula is H3LiMgOZr. The summed E-state index contributed by atoms with van der Waals surface area (Å²) in [5.74, 6) is 0. The van der Waals surface area contributed by atoms with Crippen LogP contribution in [0.25, 0.3) is 0 Å². The number of hydrogen-bond acceptors (Lipinski definition) is 1. The molecule has 0 aromatic rings. The summed E-state index contributed by atoms with van der Waals surface area (Å²) >= 11 is 0.300. The summed E-state index contributed by atoms with van der Waals surface area (Å²) in [6.07, 6.45) is 0. The molecule has 0 saturated heterocycles. The molecule has 4 heavy (non-hydrogen) atoms. The molecule has 0 aliphatic rings. The summed E-state index contributed by atoms with van der Waals surface area (Å²) in [5, 5.41) is 0. The summed E-state index contributed by atoms with van der Waals surface area (Å²) in [6.45, 7) is 0. The van der Waals surface area contributed by atoms with Crippen LogP contribution in [0, 0.1) is 0 Å². The molecular weight excluding hydrogens is 138 g/mol. The summed E-state index contributed by atoms with van der Waals surface area (Å²) in [5.41, 5.74) is 0. The molecule has 0 aromatic carbocycles. The van der Waals surface area contributed by atoms with Crippen molar-refractivity contribution >= 4 is 41.9 Å².